The molecule has 0 bridgehead atoms. The zero-order valence-corrected chi connectivity index (χ0v) is 8.30. The van der Waals surface area contributed by atoms with Crippen molar-refractivity contribution in [3.63, 3.8) is 0 Å². The minimum atomic E-state index is 0.140. The van der Waals surface area contributed by atoms with Gasteiger partial charge in [-0.1, -0.05) is 6.92 Å². The first-order valence-corrected chi connectivity index (χ1v) is 5.21. The van der Waals surface area contributed by atoms with Crippen LogP contribution in [0.3, 0.4) is 0 Å². The molecule has 3 heteroatoms. The van der Waals surface area contributed by atoms with Crippen molar-refractivity contribution in [2.45, 2.75) is 25.1 Å². The molecule has 1 aromatic heterocycles. The predicted octanol–water partition coefficient (Wildman–Crippen LogP) is 2.42. The SMILES string of the molecule is CCSC(c1ccco1)C(C)N. The molecule has 0 amide bonds. The Hall–Kier alpha value is -0.410. The minimum Gasteiger partial charge on any atom is -0.468 e. The van der Waals surface area contributed by atoms with Crippen molar-refractivity contribution >= 4 is 11.8 Å². The van der Waals surface area contributed by atoms with E-state index in [-0.39, 0.29) is 6.04 Å². The van der Waals surface area contributed by atoms with Crippen LogP contribution < -0.4 is 5.73 Å². The first kappa shape index (κ1) is 9.68. The highest BCUT2D eigenvalue weighted by molar-refractivity contribution is 7.99. The molecular weight excluding hydrogens is 170 g/mol. The van der Waals surface area contributed by atoms with Gasteiger partial charge in [-0.2, -0.15) is 0 Å². The van der Waals surface area contributed by atoms with Gasteiger partial charge in [0.25, 0.3) is 0 Å². The summed E-state index contributed by atoms with van der Waals surface area (Å²) in [4.78, 5) is 0. The van der Waals surface area contributed by atoms with Crippen LogP contribution in [-0.2, 0) is 0 Å². The van der Waals surface area contributed by atoms with E-state index in [9.17, 15) is 0 Å². The Kier molecular flexibility index (Phi) is 3.69. The molecule has 0 saturated heterocycles. The van der Waals surface area contributed by atoms with Crippen molar-refractivity contribution in [2.24, 2.45) is 5.73 Å². The van der Waals surface area contributed by atoms with Crippen LogP contribution in [0.4, 0.5) is 0 Å². The van der Waals surface area contributed by atoms with E-state index in [1.165, 1.54) is 0 Å². The Morgan fingerprint density at radius 3 is 2.83 bits per heavy atom. The van der Waals surface area contributed by atoms with Gasteiger partial charge in [-0.05, 0) is 24.8 Å². The normalized spacial score (nSPS) is 15.9. The molecule has 0 aromatic carbocycles. The van der Waals surface area contributed by atoms with Gasteiger partial charge in [0.2, 0.25) is 0 Å². The molecule has 1 aromatic rings. The molecular formula is C9H15NOS. The van der Waals surface area contributed by atoms with E-state index in [0.717, 1.165) is 11.5 Å². The van der Waals surface area contributed by atoms with E-state index in [4.69, 9.17) is 10.2 Å². The number of thioether (sulfide) groups is 1. The summed E-state index contributed by atoms with van der Waals surface area (Å²) in [5, 5.41) is 0.296. The summed E-state index contributed by atoms with van der Waals surface area (Å²) in [6.45, 7) is 4.14. The highest BCUT2D eigenvalue weighted by Crippen LogP contribution is 2.30. The van der Waals surface area contributed by atoms with Gasteiger partial charge in [-0.25, -0.2) is 0 Å². The molecule has 0 fully saturated rings. The van der Waals surface area contributed by atoms with E-state index >= 15 is 0 Å². The number of furan rings is 1. The molecule has 2 N–H and O–H groups in total. The first-order valence-electron chi connectivity index (χ1n) is 4.16. The van der Waals surface area contributed by atoms with Gasteiger partial charge >= 0.3 is 0 Å². The topological polar surface area (TPSA) is 39.2 Å². The van der Waals surface area contributed by atoms with E-state index in [1.807, 2.05) is 30.8 Å². The molecule has 0 aliphatic rings. The van der Waals surface area contributed by atoms with Crippen LogP contribution >= 0.6 is 11.8 Å². The lowest BCUT2D eigenvalue weighted by Gasteiger charge is -2.16. The lowest BCUT2D eigenvalue weighted by atomic mass is 10.2. The first-order chi connectivity index (χ1) is 5.75. The highest BCUT2D eigenvalue weighted by Gasteiger charge is 2.17. The summed E-state index contributed by atoms with van der Waals surface area (Å²) in [7, 11) is 0. The Labute approximate surface area is 77.5 Å². The van der Waals surface area contributed by atoms with Crippen LogP contribution in [0.5, 0.6) is 0 Å². The van der Waals surface area contributed by atoms with Gasteiger partial charge in [0.05, 0.1) is 11.5 Å². The predicted molar refractivity (Wildman–Crippen MR) is 53.2 cm³/mol. The molecule has 2 unspecified atom stereocenters. The third-order valence-corrected chi connectivity index (χ3v) is 3.00. The smallest absolute Gasteiger partial charge is 0.118 e. The van der Waals surface area contributed by atoms with Crippen LogP contribution in [0.1, 0.15) is 24.9 Å². The number of hydrogen-bond acceptors (Lipinski definition) is 3. The molecule has 1 rings (SSSR count). The fourth-order valence-electron chi connectivity index (χ4n) is 1.13. The Balaban J connectivity index is 2.66. The quantitative estimate of drug-likeness (QED) is 0.783. The van der Waals surface area contributed by atoms with Crippen LogP contribution in [0.25, 0.3) is 0 Å². The van der Waals surface area contributed by atoms with E-state index < -0.39 is 0 Å². The zero-order chi connectivity index (χ0) is 8.97. The lowest BCUT2D eigenvalue weighted by molar-refractivity contribution is 0.487. The fourth-order valence-corrected chi connectivity index (χ4v) is 2.09. The Morgan fingerprint density at radius 2 is 2.42 bits per heavy atom. The summed E-state index contributed by atoms with van der Waals surface area (Å²) in [6.07, 6.45) is 1.70. The monoisotopic (exact) mass is 185 g/mol. The van der Waals surface area contributed by atoms with Crippen molar-refractivity contribution in [1.29, 1.82) is 0 Å². The Bertz CT molecular complexity index is 208. The molecule has 2 nitrogen and oxygen atoms in total. The number of hydrogen-bond donors (Lipinski definition) is 1. The van der Waals surface area contributed by atoms with Crippen molar-refractivity contribution < 1.29 is 4.42 Å². The molecule has 68 valence electrons. The fraction of sp³-hybridized carbons (Fsp3) is 0.556. The average Bonchev–Trinajstić information content (AvgIpc) is 2.51. The van der Waals surface area contributed by atoms with Gasteiger partial charge in [0.15, 0.2) is 0 Å². The average molecular weight is 185 g/mol. The molecule has 0 aliphatic heterocycles. The Morgan fingerprint density at radius 1 is 1.67 bits per heavy atom. The van der Waals surface area contributed by atoms with Gasteiger partial charge in [0.1, 0.15) is 5.76 Å². The summed E-state index contributed by atoms with van der Waals surface area (Å²) in [6, 6.07) is 4.03. The third kappa shape index (κ3) is 2.29. The van der Waals surface area contributed by atoms with Gasteiger partial charge in [0, 0.05) is 6.04 Å². The zero-order valence-electron chi connectivity index (χ0n) is 7.49. The van der Waals surface area contributed by atoms with E-state index in [2.05, 4.69) is 6.92 Å². The van der Waals surface area contributed by atoms with E-state index in [0.29, 0.717) is 5.25 Å². The van der Waals surface area contributed by atoms with Crippen LogP contribution in [0.2, 0.25) is 0 Å². The number of rotatable bonds is 4. The summed E-state index contributed by atoms with van der Waals surface area (Å²) >= 11 is 1.82. The van der Waals surface area contributed by atoms with Gasteiger partial charge in [-0.3, -0.25) is 0 Å². The van der Waals surface area contributed by atoms with Gasteiger partial charge in [-0.15, -0.1) is 11.8 Å². The number of nitrogens with two attached hydrogens (primary N) is 1. The van der Waals surface area contributed by atoms with Gasteiger partial charge < -0.3 is 10.2 Å². The molecule has 1 heterocycles. The van der Waals surface area contributed by atoms with Crippen molar-refractivity contribution in [2.75, 3.05) is 5.75 Å². The van der Waals surface area contributed by atoms with Crippen LogP contribution in [0.15, 0.2) is 22.8 Å². The second-order valence-corrected chi connectivity index (χ2v) is 4.17. The standard InChI is InChI=1S/C9H15NOS/c1-3-12-9(7(2)10)8-5-4-6-11-8/h4-7,9H,3,10H2,1-2H3. The highest BCUT2D eigenvalue weighted by atomic mass is 32.2. The molecule has 0 radical (unpaired) electrons. The third-order valence-electron chi connectivity index (χ3n) is 1.65. The van der Waals surface area contributed by atoms with Crippen LogP contribution in [-0.4, -0.2) is 11.8 Å². The van der Waals surface area contributed by atoms with Crippen LogP contribution in [0, 0.1) is 0 Å². The van der Waals surface area contributed by atoms with Crippen molar-refractivity contribution in [3.8, 4) is 0 Å². The minimum absolute atomic E-state index is 0.140. The molecule has 0 spiro atoms. The molecule has 0 aliphatic carbocycles. The molecule has 12 heavy (non-hydrogen) atoms. The van der Waals surface area contributed by atoms with Crippen molar-refractivity contribution in [1.82, 2.24) is 0 Å². The van der Waals surface area contributed by atoms with E-state index in [1.54, 1.807) is 6.26 Å². The molecule has 0 saturated carbocycles. The second kappa shape index (κ2) is 4.58. The lowest BCUT2D eigenvalue weighted by Crippen LogP contribution is -2.22. The largest absolute Gasteiger partial charge is 0.468 e. The maximum absolute atomic E-state index is 5.83. The van der Waals surface area contributed by atoms with Crippen molar-refractivity contribution in [3.05, 3.63) is 24.2 Å². The molecule has 2 atom stereocenters. The maximum Gasteiger partial charge on any atom is 0.118 e. The maximum atomic E-state index is 5.83. The summed E-state index contributed by atoms with van der Waals surface area (Å²) in [5.74, 6) is 2.05. The second-order valence-electron chi connectivity index (χ2n) is 2.75. The summed E-state index contributed by atoms with van der Waals surface area (Å²) < 4.78 is 5.31. The summed E-state index contributed by atoms with van der Waals surface area (Å²) in [5.41, 5.74) is 5.83.